The molecule has 2 aromatic rings. The minimum atomic E-state index is -0.890. The molecule has 7 aliphatic heterocycles. The summed E-state index contributed by atoms with van der Waals surface area (Å²) in [4.78, 5) is 40.6. The Kier molecular flexibility index (Phi) is 14.8. The van der Waals surface area contributed by atoms with E-state index < -0.39 is 28.8 Å². The number of amides is 1. The number of benzene rings is 2. The second-order valence-electron chi connectivity index (χ2n) is 31.8. The van der Waals surface area contributed by atoms with Gasteiger partial charge in [-0.25, -0.2) is 0 Å². The van der Waals surface area contributed by atoms with Crippen molar-refractivity contribution in [3.63, 3.8) is 0 Å². The van der Waals surface area contributed by atoms with Crippen molar-refractivity contribution < 1.29 is 34.4 Å². The van der Waals surface area contributed by atoms with Gasteiger partial charge in [0.2, 0.25) is 5.91 Å². The minimum absolute atomic E-state index is 0.0139. The summed E-state index contributed by atoms with van der Waals surface area (Å²) in [6.45, 7) is 3.40. The van der Waals surface area contributed by atoms with Gasteiger partial charge in [-0.3, -0.25) is 19.6 Å². The fourth-order valence-corrected chi connectivity index (χ4v) is 29.2. The maximum absolute atomic E-state index is 15.2. The highest BCUT2D eigenvalue weighted by Crippen LogP contribution is 2.77. The largest absolute Gasteiger partial charge is 0.504 e. The lowest BCUT2D eigenvalue weighted by molar-refractivity contribution is -0.210. The summed E-state index contributed by atoms with van der Waals surface area (Å²) < 4.78 is 14.2. The Labute approximate surface area is 535 Å². The molecule has 7 heterocycles. The number of nitrogens with two attached hydrogens (primary N) is 3. The number of hydrogen-bond donors (Lipinski definition) is 7. The van der Waals surface area contributed by atoms with Crippen LogP contribution in [0.2, 0.25) is 0 Å². The number of nitrogens with one attached hydrogen (secondary N) is 1. The molecule has 14 nitrogen and oxygen atoms in total. The monoisotopic (exact) mass is 1250 g/mol. The van der Waals surface area contributed by atoms with E-state index in [2.05, 4.69) is 92.6 Å². The van der Waals surface area contributed by atoms with Crippen molar-refractivity contribution >= 4 is 45.4 Å². The fraction of sp³-hybridized carbons (Fsp3) is 0.726. The lowest BCUT2D eigenvalue weighted by atomic mass is 9.41. The molecule has 9 saturated carbocycles. The van der Waals surface area contributed by atoms with Gasteiger partial charge in [0.15, 0.2) is 23.4 Å². The van der Waals surface area contributed by atoms with Crippen molar-refractivity contribution in [3.8, 4) is 11.5 Å². The van der Waals surface area contributed by atoms with Crippen LogP contribution in [0, 0.1) is 74.9 Å². The third-order valence-electron chi connectivity index (χ3n) is 28.4. The van der Waals surface area contributed by atoms with Crippen LogP contribution in [0.1, 0.15) is 208 Å². The number of allylic oxidation sites excluding steroid dienone is 2. The summed E-state index contributed by atoms with van der Waals surface area (Å²) in [6.07, 6.45) is 34.5. The van der Waals surface area contributed by atoms with Gasteiger partial charge in [-0.2, -0.15) is 0 Å². The molecule has 6 spiro atoms. The van der Waals surface area contributed by atoms with Gasteiger partial charge in [-0.1, -0.05) is 89.4 Å². The quantitative estimate of drug-likeness (QED) is 0.0486. The molecule has 20 rings (SSSR count). The van der Waals surface area contributed by atoms with Crippen LogP contribution in [-0.2, 0) is 27.3 Å². The number of aromatic hydroxyl groups is 1. The number of carbonyl (C=O) groups excluding carboxylic acids is 2. The van der Waals surface area contributed by atoms with Gasteiger partial charge in [0, 0.05) is 96.3 Å². The average molecular weight is 1250 g/mol. The Morgan fingerprint density at radius 2 is 1.70 bits per heavy atom. The van der Waals surface area contributed by atoms with Crippen molar-refractivity contribution in [2.45, 2.75) is 232 Å². The van der Waals surface area contributed by atoms with Gasteiger partial charge in [0.1, 0.15) is 16.1 Å². The molecule has 480 valence electrons. The van der Waals surface area contributed by atoms with E-state index in [1.807, 2.05) is 4.90 Å². The van der Waals surface area contributed by atoms with Crippen molar-refractivity contribution in [3.05, 3.63) is 83.0 Å². The van der Waals surface area contributed by atoms with E-state index in [9.17, 15) is 20.1 Å². The number of ether oxygens (including phenoxy) is 2. The summed E-state index contributed by atoms with van der Waals surface area (Å²) in [5.41, 5.74) is 21.2. The van der Waals surface area contributed by atoms with E-state index in [0.29, 0.717) is 74.4 Å². The molecule has 0 aromatic heterocycles. The van der Waals surface area contributed by atoms with Crippen LogP contribution in [0.5, 0.6) is 11.5 Å². The Balaban J connectivity index is 0.827. The van der Waals surface area contributed by atoms with Gasteiger partial charge in [-0.15, -0.1) is 0 Å². The first-order valence-corrected chi connectivity index (χ1v) is 37.6. The normalized spacial score (nSPS) is 44.7. The molecular weight excluding hydrogens is 1150 g/mol. The second-order valence-corrected chi connectivity index (χ2v) is 34.5. The number of aliphatic hydroxyl groups is 2. The highest BCUT2D eigenvalue weighted by molar-refractivity contribution is 8.77. The molecule has 10 N–H and O–H groups in total. The van der Waals surface area contributed by atoms with E-state index in [4.69, 9.17) is 31.7 Å². The summed E-state index contributed by atoms with van der Waals surface area (Å²) >= 11 is 0. The number of aliphatic hydroxyl groups excluding tert-OH is 2. The van der Waals surface area contributed by atoms with Crippen molar-refractivity contribution in [2.24, 2.45) is 102 Å². The molecule has 14 bridgehead atoms. The van der Waals surface area contributed by atoms with Crippen LogP contribution in [0.3, 0.4) is 0 Å². The Hall–Kier alpha value is -4.38. The predicted molar refractivity (Wildman–Crippen MR) is 350 cm³/mol. The maximum atomic E-state index is 15.2. The van der Waals surface area contributed by atoms with Crippen LogP contribution >= 0.6 is 21.6 Å². The number of nitrogens with zero attached hydrogens (tertiary/aromatic N) is 3. The Morgan fingerprint density at radius 1 is 0.876 bits per heavy atom. The molecular formula is C73H99N7O7S2. The van der Waals surface area contributed by atoms with Crippen LogP contribution in [0.15, 0.2) is 70.7 Å². The standard InChI is InChI=1S/C73H99N7O7S2/c1-43(81)86-71-37-47-13-14-51(71)36-48-34-49(62(84)63-60(48)46-22-32-70(87-63)28-7-12-50(70)35-46)41-80-42-68(39-59(80)83)52(15-17-54(68)44-10-3-2-4-11-44)40-78-66(76)79-73(30-8-26-67(73)24-5-6-25-67)89-88-58-20-19-55-53(61(47)57(82)38-71)16-18-56(58)72(55)29-9-27-69(72)31-21-45(64(69)85)23-33-77-65(74)75/h2-4,10-11,19-20,22,32,34,45-47,50-58,61,64,82,84-85H,5-9,12-18,21,23-31,33,35-42H2,1H3,(H4,74,75,77)(H3,76,78,79). The van der Waals surface area contributed by atoms with Crippen molar-refractivity contribution in [1.82, 2.24) is 10.2 Å². The molecule has 10 fully saturated rings. The number of fused-ring (bicyclic) bond motifs is 2. The van der Waals surface area contributed by atoms with Crippen molar-refractivity contribution in [1.29, 1.82) is 0 Å². The van der Waals surface area contributed by atoms with Crippen LogP contribution < -0.4 is 27.3 Å². The van der Waals surface area contributed by atoms with Crippen LogP contribution in [0.25, 0.3) is 0 Å². The van der Waals surface area contributed by atoms with E-state index in [1.54, 1.807) is 6.92 Å². The van der Waals surface area contributed by atoms with Gasteiger partial charge in [0.05, 0.1) is 12.2 Å². The van der Waals surface area contributed by atoms with E-state index in [1.165, 1.54) is 37.7 Å². The van der Waals surface area contributed by atoms with E-state index in [0.717, 1.165) is 127 Å². The molecule has 20 unspecified atom stereocenters. The number of aliphatic imine (C=N–C) groups is 2. The first-order chi connectivity index (χ1) is 43.0. The van der Waals surface area contributed by atoms with Gasteiger partial charge in [-0.05, 0) is 217 Å². The number of esters is 1. The lowest BCUT2D eigenvalue weighted by Crippen LogP contribution is -2.63. The zero-order valence-electron chi connectivity index (χ0n) is 52.6. The lowest BCUT2D eigenvalue weighted by Gasteiger charge is -2.65. The fourth-order valence-electron chi connectivity index (χ4n) is 25.0. The van der Waals surface area contributed by atoms with Gasteiger partial charge < -0.3 is 52.2 Å². The summed E-state index contributed by atoms with van der Waals surface area (Å²) in [6, 6.07) is 13.0. The Morgan fingerprint density at radius 3 is 2.53 bits per heavy atom. The molecule has 18 aliphatic rings. The molecule has 11 aliphatic carbocycles. The summed E-state index contributed by atoms with van der Waals surface area (Å²) in [5, 5.41) is 44.0. The highest BCUT2D eigenvalue weighted by Gasteiger charge is 2.72. The second kappa shape index (κ2) is 22.1. The molecule has 1 saturated heterocycles. The molecule has 89 heavy (non-hydrogen) atoms. The maximum Gasteiger partial charge on any atom is 0.303 e. The number of phenols is 1. The number of hydrogen-bond acceptors (Lipinski definition) is 13. The van der Waals surface area contributed by atoms with E-state index >= 15 is 4.79 Å². The predicted octanol–water partition coefficient (Wildman–Crippen LogP) is 11.8. The zero-order valence-corrected chi connectivity index (χ0v) is 54.3. The number of carbonyl (C=O) groups is 2. The third-order valence-corrected chi connectivity index (χ3v) is 32.1. The third kappa shape index (κ3) is 9.09. The number of guanidine groups is 2. The van der Waals surface area contributed by atoms with Gasteiger partial charge >= 0.3 is 5.97 Å². The van der Waals surface area contributed by atoms with Gasteiger partial charge in [0.25, 0.3) is 0 Å². The molecule has 2 aromatic carbocycles. The molecule has 0 radical (unpaired) electrons. The summed E-state index contributed by atoms with van der Waals surface area (Å²) in [5.74, 6) is 2.67. The number of phenolic OH excluding ortho intramolecular Hbond substituents is 1. The molecule has 16 heteroatoms. The van der Waals surface area contributed by atoms with Crippen molar-refractivity contribution in [2.75, 3.05) is 19.6 Å². The first-order valence-electron chi connectivity index (χ1n) is 35.3. The SMILES string of the molecule is CC(=O)OC12CC(O)C3C(CCC1Cc1cc(c(O)c4c1C1C=CC5(CCCC5C1)O4)CN1CC4(CC1=O)C(CCC4c1ccccc1)CN=C(N)NC1(CCCC14CCCC4)SSC1C=CC4C3CCC1C41CCCC13CCC(CCN=C(N)N)C3O)C2. The minimum Gasteiger partial charge on any atom is -0.504 e. The van der Waals surface area contributed by atoms with Crippen LogP contribution in [0.4, 0.5) is 0 Å². The van der Waals surface area contributed by atoms with E-state index in [-0.39, 0.29) is 110 Å². The number of rotatable bonds is 5. The molecule has 1 amide bonds. The first kappa shape index (κ1) is 59.6. The highest BCUT2D eigenvalue weighted by atomic mass is 33.1. The topological polar surface area (TPSA) is 231 Å². The molecule has 20 atom stereocenters. The van der Waals surface area contributed by atoms with Crippen LogP contribution in [-0.4, -0.2) is 97.2 Å². The zero-order chi connectivity index (χ0) is 60.9. The summed E-state index contributed by atoms with van der Waals surface area (Å²) in [7, 11) is 4.15. The average Bonchev–Trinajstić information content (AvgIpc) is 1.66. The Bertz CT molecular complexity index is 3230. The smallest absolute Gasteiger partial charge is 0.303 e.